The van der Waals surface area contributed by atoms with Gasteiger partial charge in [-0.25, -0.2) is 9.78 Å². The van der Waals surface area contributed by atoms with Gasteiger partial charge >= 0.3 is 5.97 Å². The SMILES string of the molecule is CCCN(Cc1nc2sc(C(=O)OC)c(C)c2c(=O)[nH]1)C1CCc2ccccc2C1. The van der Waals surface area contributed by atoms with Gasteiger partial charge in [0, 0.05) is 6.04 Å². The Kier molecular flexibility index (Phi) is 6.01. The predicted molar refractivity (Wildman–Crippen MR) is 119 cm³/mol. The summed E-state index contributed by atoms with van der Waals surface area (Å²) in [4.78, 5) is 35.9. The molecule has 0 saturated carbocycles. The van der Waals surface area contributed by atoms with Crippen molar-refractivity contribution in [2.24, 2.45) is 0 Å². The summed E-state index contributed by atoms with van der Waals surface area (Å²) in [5.41, 5.74) is 3.31. The van der Waals surface area contributed by atoms with Crippen LogP contribution in [0.3, 0.4) is 0 Å². The molecule has 30 heavy (non-hydrogen) atoms. The number of esters is 1. The first-order valence-electron chi connectivity index (χ1n) is 10.4. The molecule has 0 fully saturated rings. The lowest BCUT2D eigenvalue weighted by atomic mass is 9.87. The zero-order chi connectivity index (χ0) is 21.3. The lowest BCUT2D eigenvalue weighted by Crippen LogP contribution is -2.40. The van der Waals surface area contributed by atoms with Crippen molar-refractivity contribution in [2.45, 2.75) is 52.1 Å². The molecule has 1 aliphatic rings. The van der Waals surface area contributed by atoms with E-state index in [1.165, 1.54) is 29.6 Å². The molecule has 1 aromatic carbocycles. The monoisotopic (exact) mass is 425 g/mol. The molecule has 2 aromatic heterocycles. The summed E-state index contributed by atoms with van der Waals surface area (Å²) in [6.45, 7) is 5.49. The van der Waals surface area contributed by atoms with Crippen LogP contribution in [-0.2, 0) is 24.1 Å². The maximum absolute atomic E-state index is 12.8. The molecule has 1 aliphatic carbocycles. The molecule has 1 atom stereocenters. The summed E-state index contributed by atoms with van der Waals surface area (Å²) in [6, 6.07) is 9.09. The summed E-state index contributed by atoms with van der Waals surface area (Å²) >= 11 is 1.23. The Morgan fingerprint density at radius 2 is 2.10 bits per heavy atom. The Morgan fingerprint density at radius 1 is 1.33 bits per heavy atom. The van der Waals surface area contributed by atoms with Crippen molar-refractivity contribution in [1.82, 2.24) is 14.9 Å². The van der Waals surface area contributed by atoms with Crippen LogP contribution in [0.4, 0.5) is 0 Å². The van der Waals surface area contributed by atoms with Gasteiger partial charge in [0.05, 0.1) is 19.0 Å². The van der Waals surface area contributed by atoms with E-state index in [0.29, 0.717) is 39.1 Å². The van der Waals surface area contributed by atoms with E-state index in [4.69, 9.17) is 9.72 Å². The highest BCUT2D eigenvalue weighted by Gasteiger charge is 2.25. The van der Waals surface area contributed by atoms with Crippen LogP contribution in [0.25, 0.3) is 10.2 Å². The van der Waals surface area contributed by atoms with Gasteiger partial charge in [-0.1, -0.05) is 31.2 Å². The summed E-state index contributed by atoms with van der Waals surface area (Å²) in [5, 5.41) is 0.484. The lowest BCUT2D eigenvalue weighted by Gasteiger charge is -2.34. The Balaban J connectivity index is 1.62. The van der Waals surface area contributed by atoms with Gasteiger partial charge in [0.15, 0.2) is 0 Å². The second-order valence-electron chi connectivity index (χ2n) is 7.88. The average molecular weight is 426 g/mol. The van der Waals surface area contributed by atoms with Crippen LogP contribution in [0, 0.1) is 6.92 Å². The molecule has 0 aliphatic heterocycles. The first-order chi connectivity index (χ1) is 14.5. The second kappa shape index (κ2) is 8.70. The highest BCUT2D eigenvalue weighted by Crippen LogP contribution is 2.29. The molecular formula is C23H27N3O3S. The molecule has 7 heteroatoms. The normalized spacial score (nSPS) is 16.1. The molecule has 0 amide bonds. The first-order valence-corrected chi connectivity index (χ1v) is 11.2. The number of thiophene rings is 1. The number of aromatic amines is 1. The van der Waals surface area contributed by atoms with Crippen LogP contribution in [-0.4, -0.2) is 40.5 Å². The fourth-order valence-corrected chi connectivity index (χ4v) is 5.53. The van der Waals surface area contributed by atoms with Crippen LogP contribution in [0.2, 0.25) is 0 Å². The first kappa shape index (κ1) is 20.8. The Labute approximate surface area is 179 Å². The zero-order valence-electron chi connectivity index (χ0n) is 17.7. The number of benzene rings is 1. The number of nitrogens with zero attached hydrogens (tertiary/aromatic N) is 2. The van der Waals surface area contributed by atoms with Crippen LogP contribution in [0.1, 0.15) is 52.0 Å². The maximum Gasteiger partial charge on any atom is 0.348 e. The molecule has 0 spiro atoms. The second-order valence-corrected chi connectivity index (χ2v) is 8.88. The Morgan fingerprint density at radius 3 is 2.83 bits per heavy atom. The van der Waals surface area contributed by atoms with Crippen molar-refractivity contribution in [3.8, 4) is 0 Å². The Bertz CT molecular complexity index is 1130. The standard InChI is InChI=1S/C23H27N3O3S/c1-4-11-26(17-10-9-15-7-5-6-8-16(15)12-17)13-18-24-21(27)19-14(2)20(23(28)29-3)30-22(19)25-18/h5-8,17H,4,9-13H2,1-3H3,(H,24,25,27). The zero-order valence-corrected chi connectivity index (χ0v) is 18.5. The minimum Gasteiger partial charge on any atom is -0.465 e. The van der Waals surface area contributed by atoms with E-state index in [1.807, 2.05) is 0 Å². The van der Waals surface area contributed by atoms with E-state index in [0.717, 1.165) is 32.2 Å². The minimum atomic E-state index is -0.426. The van der Waals surface area contributed by atoms with Crippen molar-refractivity contribution in [3.05, 3.63) is 62.0 Å². The quantitative estimate of drug-likeness (QED) is 0.607. The largest absolute Gasteiger partial charge is 0.465 e. The van der Waals surface area contributed by atoms with Gasteiger partial charge in [-0.3, -0.25) is 9.69 Å². The van der Waals surface area contributed by atoms with Gasteiger partial charge in [0.25, 0.3) is 5.56 Å². The molecule has 4 rings (SSSR count). The number of aromatic nitrogens is 2. The van der Waals surface area contributed by atoms with Crippen molar-refractivity contribution in [3.63, 3.8) is 0 Å². The third-order valence-corrected chi connectivity index (χ3v) is 7.09. The molecule has 6 nitrogen and oxygen atoms in total. The number of methoxy groups -OCH3 is 1. The number of rotatable bonds is 6. The maximum atomic E-state index is 12.8. The Hall–Kier alpha value is -2.51. The number of aryl methyl sites for hydroxylation is 2. The van der Waals surface area contributed by atoms with Gasteiger partial charge in [-0.15, -0.1) is 11.3 Å². The summed E-state index contributed by atoms with van der Waals surface area (Å²) < 4.78 is 4.84. The van der Waals surface area contributed by atoms with Crippen molar-refractivity contribution in [2.75, 3.05) is 13.7 Å². The van der Waals surface area contributed by atoms with Crippen molar-refractivity contribution < 1.29 is 9.53 Å². The van der Waals surface area contributed by atoms with E-state index >= 15 is 0 Å². The number of nitrogens with one attached hydrogen (secondary N) is 1. The summed E-state index contributed by atoms with van der Waals surface area (Å²) in [7, 11) is 1.35. The number of carbonyl (C=O) groups is 1. The van der Waals surface area contributed by atoms with E-state index < -0.39 is 5.97 Å². The summed E-state index contributed by atoms with van der Waals surface area (Å²) in [5.74, 6) is 0.224. The molecule has 2 heterocycles. The molecule has 1 unspecified atom stereocenters. The van der Waals surface area contributed by atoms with E-state index in [1.54, 1.807) is 6.92 Å². The molecule has 0 bridgehead atoms. The molecule has 0 saturated heterocycles. The van der Waals surface area contributed by atoms with Gasteiger partial charge in [-0.05, 0) is 55.8 Å². The fourth-order valence-electron chi connectivity index (χ4n) is 4.41. The number of hydrogen-bond acceptors (Lipinski definition) is 6. The van der Waals surface area contributed by atoms with E-state index in [2.05, 4.69) is 41.1 Å². The van der Waals surface area contributed by atoms with Gasteiger partial charge in [-0.2, -0.15) is 0 Å². The molecule has 0 radical (unpaired) electrons. The van der Waals surface area contributed by atoms with Crippen LogP contribution in [0.15, 0.2) is 29.1 Å². The topological polar surface area (TPSA) is 75.3 Å². The highest BCUT2D eigenvalue weighted by atomic mass is 32.1. The minimum absolute atomic E-state index is 0.190. The number of hydrogen-bond donors (Lipinski definition) is 1. The average Bonchev–Trinajstić information content (AvgIpc) is 3.09. The van der Waals surface area contributed by atoms with Crippen LogP contribution >= 0.6 is 11.3 Å². The van der Waals surface area contributed by atoms with E-state index in [-0.39, 0.29) is 5.56 Å². The smallest absolute Gasteiger partial charge is 0.348 e. The van der Waals surface area contributed by atoms with E-state index in [9.17, 15) is 9.59 Å². The molecule has 3 aromatic rings. The van der Waals surface area contributed by atoms with Crippen molar-refractivity contribution in [1.29, 1.82) is 0 Å². The van der Waals surface area contributed by atoms with Crippen LogP contribution < -0.4 is 5.56 Å². The van der Waals surface area contributed by atoms with Crippen LogP contribution in [0.5, 0.6) is 0 Å². The summed E-state index contributed by atoms with van der Waals surface area (Å²) in [6.07, 6.45) is 4.24. The van der Waals surface area contributed by atoms with Gasteiger partial charge in [0.2, 0.25) is 0 Å². The predicted octanol–water partition coefficient (Wildman–Crippen LogP) is 3.85. The molecule has 158 valence electrons. The third kappa shape index (κ3) is 3.91. The van der Waals surface area contributed by atoms with Crippen molar-refractivity contribution >= 4 is 27.5 Å². The lowest BCUT2D eigenvalue weighted by molar-refractivity contribution is 0.0605. The fraction of sp³-hybridized carbons (Fsp3) is 0.435. The molecular weight excluding hydrogens is 398 g/mol. The highest BCUT2D eigenvalue weighted by molar-refractivity contribution is 7.20. The molecule has 1 N–H and O–H groups in total. The number of fused-ring (bicyclic) bond motifs is 2. The third-order valence-electron chi connectivity index (χ3n) is 5.92. The van der Waals surface area contributed by atoms with Gasteiger partial charge < -0.3 is 9.72 Å². The number of ether oxygens (including phenoxy) is 1. The number of carbonyl (C=O) groups excluding carboxylic acids is 1. The van der Waals surface area contributed by atoms with Gasteiger partial charge in [0.1, 0.15) is 15.5 Å². The number of H-pyrrole nitrogens is 1.